The molecule has 6 nitrogen and oxygen atoms in total. The van der Waals surface area contributed by atoms with Crippen molar-refractivity contribution in [3.63, 3.8) is 0 Å². The number of halogens is 1. The molecule has 9 heteroatoms. The third-order valence-corrected chi connectivity index (χ3v) is 6.29. The minimum Gasteiger partial charge on any atom is -0.324 e. The molecular weight excluding hydrogens is 424 g/mol. The van der Waals surface area contributed by atoms with E-state index in [1.807, 2.05) is 25.1 Å². The molecule has 0 spiro atoms. The Bertz CT molecular complexity index is 807. The predicted molar refractivity (Wildman–Crippen MR) is 104 cm³/mol. The van der Waals surface area contributed by atoms with Crippen LogP contribution in [0.15, 0.2) is 27.0 Å². The molecule has 0 saturated heterocycles. The van der Waals surface area contributed by atoms with Gasteiger partial charge in [0.05, 0.1) is 11.4 Å². The van der Waals surface area contributed by atoms with E-state index in [0.717, 1.165) is 28.6 Å². The van der Waals surface area contributed by atoms with E-state index in [4.69, 9.17) is 0 Å². The zero-order chi connectivity index (χ0) is 18.0. The van der Waals surface area contributed by atoms with Gasteiger partial charge in [0.2, 0.25) is 16.9 Å². The summed E-state index contributed by atoms with van der Waals surface area (Å²) in [4.78, 5) is 25.6. The molecule has 3 rings (SSSR count). The second kappa shape index (κ2) is 7.84. The number of benzene rings is 1. The number of anilines is 2. The number of carbonyl (C=O) groups excluding carboxylic acids is 2. The monoisotopic (exact) mass is 440 g/mol. The van der Waals surface area contributed by atoms with Crippen LogP contribution in [-0.2, 0) is 9.59 Å². The molecule has 0 atom stereocenters. The first-order valence-corrected chi connectivity index (χ1v) is 10.4. The Balaban J connectivity index is 1.56. The molecule has 1 saturated carbocycles. The Hall–Kier alpha value is -1.45. The van der Waals surface area contributed by atoms with Gasteiger partial charge in [0.1, 0.15) is 0 Å². The van der Waals surface area contributed by atoms with Crippen LogP contribution in [0.4, 0.5) is 10.8 Å². The number of aromatic nitrogens is 2. The van der Waals surface area contributed by atoms with Crippen LogP contribution >= 0.6 is 39.0 Å². The minimum absolute atomic E-state index is 0.0165. The number of aryl methyl sites for hydroxylation is 1. The molecule has 1 heterocycles. The van der Waals surface area contributed by atoms with Crippen molar-refractivity contribution in [2.75, 3.05) is 16.0 Å². The Labute approximate surface area is 162 Å². The number of thioether (sulfide) groups is 1. The first-order chi connectivity index (χ1) is 11.9. The molecule has 1 N–H and O–H groups in total. The number of nitrogens with one attached hydrogen (secondary N) is 1. The van der Waals surface area contributed by atoms with Gasteiger partial charge in [-0.2, -0.15) is 0 Å². The maximum atomic E-state index is 12.1. The normalized spacial score (nSPS) is 13.6. The molecular formula is C16H17BrN4O2S2. The Kier molecular flexibility index (Phi) is 5.75. The lowest BCUT2D eigenvalue weighted by Crippen LogP contribution is -2.30. The lowest BCUT2D eigenvalue weighted by Gasteiger charge is -2.15. The summed E-state index contributed by atoms with van der Waals surface area (Å²) in [5.41, 5.74) is 1.86. The average Bonchev–Trinajstić information content (AvgIpc) is 3.26. The summed E-state index contributed by atoms with van der Waals surface area (Å²) in [6.07, 6.45) is 2.02. The van der Waals surface area contributed by atoms with Gasteiger partial charge in [-0.15, -0.1) is 10.2 Å². The van der Waals surface area contributed by atoms with Crippen molar-refractivity contribution in [1.82, 2.24) is 10.2 Å². The van der Waals surface area contributed by atoms with Crippen LogP contribution in [0.3, 0.4) is 0 Å². The molecule has 25 heavy (non-hydrogen) atoms. The van der Waals surface area contributed by atoms with Crippen LogP contribution in [0.25, 0.3) is 0 Å². The Morgan fingerprint density at radius 1 is 1.40 bits per heavy atom. The molecule has 2 aromatic rings. The molecule has 1 aliphatic rings. The third kappa shape index (κ3) is 4.80. The van der Waals surface area contributed by atoms with Crippen LogP contribution in [0, 0.1) is 6.92 Å². The van der Waals surface area contributed by atoms with E-state index < -0.39 is 0 Å². The zero-order valence-corrected chi connectivity index (χ0v) is 17.0. The van der Waals surface area contributed by atoms with E-state index in [-0.39, 0.29) is 23.6 Å². The van der Waals surface area contributed by atoms with E-state index in [2.05, 4.69) is 31.4 Å². The summed E-state index contributed by atoms with van der Waals surface area (Å²) >= 11 is 6.11. The minimum atomic E-state index is -0.114. The molecule has 2 amide bonds. The summed E-state index contributed by atoms with van der Waals surface area (Å²) in [6, 6.07) is 6.02. The van der Waals surface area contributed by atoms with Gasteiger partial charge in [0, 0.05) is 17.4 Å². The Morgan fingerprint density at radius 3 is 2.80 bits per heavy atom. The lowest BCUT2D eigenvalue weighted by molar-refractivity contribution is -0.116. The van der Waals surface area contributed by atoms with Crippen molar-refractivity contribution >= 4 is 61.7 Å². The fourth-order valence-corrected chi connectivity index (χ4v) is 4.62. The van der Waals surface area contributed by atoms with Gasteiger partial charge in [-0.3, -0.25) is 14.5 Å². The van der Waals surface area contributed by atoms with Crippen LogP contribution in [0.1, 0.15) is 25.3 Å². The molecule has 0 unspecified atom stereocenters. The summed E-state index contributed by atoms with van der Waals surface area (Å²) in [5, 5.41) is 11.7. The number of hydrogen-bond donors (Lipinski definition) is 1. The van der Waals surface area contributed by atoms with Gasteiger partial charge in [-0.05, 0) is 53.4 Å². The standard InChI is InChI=1S/C16H17BrN4O2S2/c1-9-3-6-13(12(17)7-9)18-14(23)8-24-16-20-19-15(25-16)21(10(2)22)11-4-5-11/h3,6-7,11H,4-5,8H2,1-2H3,(H,18,23). The van der Waals surface area contributed by atoms with Gasteiger partial charge >= 0.3 is 0 Å². The highest BCUT2D eigenvalue weighted by Gasteiger charge is 2.34. The van der Waals surface area contributed by atoms with Gasteiger partial charge < -0.3 is 5.32 Å². The highest BCUT2D eigenvalue weighted by Crippen LogP contribution is 2.35. The summed E-state index contributed by atoms with van der Waals surface area (Å²) in [7, 11) is 0. The van der Waals surface area contributed by atoms with Crippen molar-refractivity contribution in [2.24, 2.45) is 0 Å². The van der Waals surface area contributed by atoms with Crippen molar-refractivity contribution in [1.29, 1.82) is 0 Å². The largest absolute Gasteiger partial charge is 0.324 e. The van der Waals surface area contributed by atoms with Crippen LogP contribution < -0.4 is 10.2 Å². The van der Waals surface area contributed by atoms with E-state index in [1.165, 1.54) is 23.1 Å². The second-order valence-electron chi connectivity index (χ2n) is 5.79. The van der Waals surface area contributed by atoms with Gasteiger partial charge in [0.25, 0.3) is 0 Å². The summed E-state index contributed by atoms with van der Waals surface area (Å²) < 4.78 is 1.53. The third-order valence-electron chi connectivity index (χ3n) is 3.58. The summed E-state index contributed by atoms with van der Waals surface area (Å²) in [6.45, 7) is 3.53. The van der Waals surface area contributed by atoms with Crippen LogP contribution in [0.5, 0.6) is 0 Å². The predicted octanol–water partition coefficient (Wildman–Crippen LogP) is 3.86. The van der Waals surface area contributed by atoms with E-state index >= 15 is 0 Å². The highest BCUT2D eigenvalue weighted by molar-refractivity contribution is 9.10. The molecule has 0 aliphatic heterocycles. The molecule has 1 aromatic carbocycles. The SMILES string of the molecule is CC(=O)N(c1nnc(SCC(=O)Nc2ccc(C)cc2Br)s1)C1CC1. The summed E-state index contributed by atoms with van der Waals surface area (Å²) in [5.74, 6) is 0.104. The number of rotatable bonds is 6. The average molecular weight is 441 g/mol. The van der Waals surface area contributed by atoms with Gasteiger partial charge in [0.15, 0.2) is 4.34 Å². The maximum absolute atomic E-state index is 12.1. The first-order valence-electron chi connectivity index (χ1n) is 7.76. The fraction of sp³-hybridized carbons (Fsp3) is 0.375. The quantitative estimate of drug-likeness (QED) is 0.545. The second-order valence-corrected chi connectivity index (χ2v) is 8.82. The van der Waals surface area contributed by atoms with Crippen molar-refractivity contribution < 1.29 is 9.59 Å². The zero-order valence-electron chi connectivity index (χ0n) is 13.8. The van der Waals surface area contributed by atoms with Gasteiger partial charge in [-0.1, -0.05) is 29.2 Å². The van der Waals surface area contributed by atoms with E-state index in [1.54, 1.807) is 11.8 Å². The maximum Gasteiger partial charge on any atom is 0.234 e. The van der Waals surface area contributed by atoms with Crippen molar-refractivity contribution in [3.05, 3.63) is 28.2 Å². The highest BCUT2D eigenvalue weighted by atomic mass is 79.9. The number of nitrogens with zero attached hydrogens (tertiary/aromatic N) is 3. The van der Waals surface area contributed by atoms with Gasteiger partial charge in [-0.25, -0.2) is 0 Å². The lowest BCUT2D eigenvalue weighted by atomic mass is 10.2. The van der Waals surface area contributed by atoms with E-state index in [0.29, 0.717) is 9.47 Å². The molecule has 132 valence electrons. The van der Waals surface area contributed by atoms with E-state index in [9.17, 15) is 9.59 Å². The molecule has 1 fully saturated rings. The molecule has 1 aliphatic carbocycles. The van der Waals surface area contributed by atoms with Crippen molar-refractivity contribution in [2.45, 2.75) is 37.1 Å². The number of carbonyl (C=O) groups is 2. The smallest absolute Gasteiger partial charge is 0.234 e. The molecule has 0 bridgehead atoms. The first kappa shape index (κ1) is 18.3. The molecule has 0 radical (unpaired) electrons. The number of hydrogen-bond acceptors (Lipinski definition) is 6. The van der Waals surface area contributed by atoms with Crippen molar-refractivity contribution in [3.8, 4) is 0 Å². The van der Waals surface area contributed by atoms with Crippen LogP contribution in [0.2, 0.25) is 0 Å². The van der Waals surface area contributed by atoms with Crippen LogP contribution in [-0.4, -0.2) is 33.8 Å². The fourth-order valence-electron chi connectivity index (χ4n) is 2.27. The number of amides is 2. The topological polar surface area (TPSA) is 75.2 Å². The Morgan fingerprint density at radius 2 is 2.16 bits per heavy atom. The molecule has 1 aromatic heterocycles.